The fourth-order valence-corrected chi connectivity index (χ4v) is 4.67. The first kappa shape index (κ1) is 23.3. The number of aryl methyl sites for hydroxylation is 1. The Balaban J connectivity index is 1.69. The molecule has 1 heterocycles. The maximum atomic E-state index is 12.8. The molecule has 0 spiro atoms. The van der Waals surface area contributed by atoms with Gasteiger partial charge < -0.3 is 9.32 Å². The van der Waals surface area contributed by atoms with E-state index in [1.165, 1.54) is 43.6 Å². The molecule has 3 aromatic rings. The number of oxazole rings is 1. The van der Waals surface area contributed by atoms with E-state index in [1.54, 1.807) is 6.07 Å². The van der Waals surface area contributed by atoms with Crippen LogP contribution in [-0.2, 0) is 21.4 Å². The Hall–Kier alpha value is -2.36. The van der Waals surface area contributed by atoms with E-state index in [0.717, 1.165) is 16.3 Å². The number of hydrogen-bond donors (Lipinski definition) is 0. The van der Waals surface area contributed by atoms with E-state index in [1.807, 2.05) is 43.0 Å². The first-order valence-electron chi connectivity index (χ1n) is 10.00. The third-order valence-electron chi connectivity index (χ3n) is 4.78. The van der Waals surface area contributed by atoms with Crippen molar-refractivity contribution in [2.24, 2.45) is 0 Å². The fraction of sp³-hybridized carbons (Fsp3) is 0.364. The molecule has 0 aliphatic rings. The van der Waals surface area contributed by atoms with Crippen LogP contribution in [0.5, 0.6) is 0 Å². The molecule has 0 saturated heterocycles. The Morgan fingerprint density at radius 3 is 2.48 bits per heavy atom. The predicted molar refractivity (Wildman–Crippen MR) is 122 cm³/mol. The zero-order chi connectivity index (χ0) is 22.6. The number of benzene rings is 2. The Kier molecular flexibility index (Phi) is 7.40. The van der Waals surface area contributed by atoms with E-state index < -0.39 is 10.0 Å². The molecule has 0 aliphatic carbocycles. The van der Waals surface area contributed by atoms with E-state index in [-0.39, 0.29) is 16.6 Å². The number of sulfonamides is 1. The normalized spacial score (nSPS) is 11.9. The van der Waals surface area contributed by atoms with Gasteiger partial charge in [0.25, 0.3) is 5.22 Å². The van der Waals surface area contributed by atoms with Crippen molar-refractivity contribution >= 4 is 38.8 Å². The number of carbonyl (C=O) groups excluding carboxylic acids is 1. The molecular weight excluding hydrogens is 434 g/mol. The number of hydrogen-bond acceptors (Lipinski definition) is 6. The molecule has 166 valence electrons. The number of nitrogens with zero attached hydrogens (tertiary/aromatic N) is 3. The molecule has 1 aromatic heterocycles. The minimum atomic E-state index is -3.55. The summed E-state index contributed by atoms with van der Waals surface area (Å²) in [6.45, 7) is 5.32. The van der Waals surface area contributed by atoms with Gasteiger partial charge in [-0.3, -0.25) is 4.79 Å². The van der Waals surface area contributed by atoms with Crippen molar-refractivity contribution in [3.05, 3.63) is 53.6 Å². The van der Waals surface area contributed by atoms with Crippen molar-refractivity contribution < 1.29 is 17.6 Å². The van der Waals surface area contributed by atoms with Gasteiger partial charge in [0.1, 0.15) is 5.52 Å². The maximum absolute atomic E-state index is 12.8. The molecule has 9 heteroatoms. The maximum Gasteiger partial charge on any atom is 0.257 e. The van der Waals surface area contributed by atoms with Crippen molar-refractivity contribution in [3.8, 4) is 0 Å². The highest BCUT2D eigenvalue weighted by Crippen LogP contribution is 2.26. The zero-order valence-electron chi connectivity index (χ0n) is 18.2. The van der Waals surface area contributed by atoms with Gasteiger partial charge in [-0.05, 0) is 37.1 Å². The molecule has 7 nitrogen and oxygen atoms in total. The van der Waals surface area contributed by atoms with Crippen molar-refractivity contribution in [1.29, 1.82) is 0 Å². The minimum Gasteiger partial charge on any atom is -0.431 e. The molecule has 0 bridgehead atoms. The Morgan fingerprint density at radius 1 is 1.13 bits per heavy atom. The summed E-state index contributed by atoms with van der Waals surface area (Å²) < 4.78 is 31.5. The Morgan fingerprint density at radius 2 is 1.84 bits per heavy atom. The second kappa shape index (κ2) is 9.84. The van der Waals surface area contributed by atoms with Gasteiger partial charge in [-0.2, -0.15) is 0 Å². The van der Waals surface area contributed by atoms with E-state index in [4.69, 9.17) is 4.42 Å². The van der Waals surface area contributed by atoms with Gasteiger partial charge in [-0.25, -0.2) is 17.7 Å². The average Bonchev–Trinajstić information content (AvgIpc) is 3.15. The number of aromatic nitrogens is 1. The second-order valence-electron chi connectivity index (χ2n) is 7.49. The molecule has 0 fully saturated rings. The average molecular weight is 462 g/mol. The SMILES string of the molecule is CCCN(Cc1ccc(C)cc1)C(=O)CSc1nc2cc(S(=O)(=O)N(C)C)ccc2o1. The number of fused-ring (bicyclic) bond motifs is 1. The Labute approximate surface area is 187 Å². The van der Waals surface area contributed by atoms with Gasteiger partial charge >= 0.3 is 0 Å². The highest BCUT2D eigenvalue weighted by Gasteiger charge is 2.20. The van der Waals surface area contributed by atoms with Crippen LogP contribution in [0, 0.1) is 6.92 Å². The molecule has 0 atom stereocenters. The lowest BCUT2D eigenvalue weighted by Gasteiger charge is -2.22. The molecule has 31 heavy (non-hydrogen) atoms. The van der Waals surface area contributed by atoms with E-state index >= 15 is 0 Å². The van der Waals surface area contributed by atoms with Gasteiger partial charge in [0.2, 0.25) is 15.9 Å². The molecule has 0 unspecified atom stereocenters. The molecule has 0 aliphatic heterocycles. The zero-order valence-corrected chi connectivity index (χ0v) is 19.8. The van der Waals surface area contributed by atoms with E-state index in [0.29, 0.717) is 29.4 Å². The lowest BCUT2D eigenvalue weighted by Crippen LogP contribution is -2.32. The van der Waals surface area contributed by atoms with Crippen molar-refractivity contribution in [2.45, 2.75) is 36.9 Å². The number of thioether (sulfide) groups is 1. The summed E-state index contributed by atoms with van der Waals surface area (Å²) in [5.74, 6) is 0.201. The van der Waals surface area contributed by atoms with Gasteiger partial charge in [-0.15, -0.1) is 0 Å². The fourth-order valence-electron chi connectivity index (χ4n) is 3.01. The van der Waals surface area contributed by atoms with E-state index in [9.17, 15) is 13.2 Å². The van der Waals surface area contributed by atoms with Crippen molar-refractivity contribution in [2.75, 3.05) is 26.4 Å². The molecule has 0 N–H and O–H groups in total. The van der Waals surface area contributed by atoms with Crippen LogP contribution < -0.4 is 0 Å². The van der Waals surface area contributed by atoms with Crippen LogP contribution in [0.4, 0.5) is 0 Å². The van der Waals surface area contributed by atoms with Gasteiger partial charge in [0, 0.05) is 27.2 Å². The van der Waals surface area contributed by atoms with Crippen molar-refractivity contribution in [1.82, 2.24) is 14.2 Å². The first-order chi connectivity index (χ1) is 14.7. The quantitative estimate of drug-likeness (QED) is 0.449. The minimum absolute atomic E-state index is 0.00514. The summed E-state index contributed by atoms with van der Waals surface area (Å²) in [6.07, 6.45) is 0.869. The first-order valence-corrected chi connectivity index (χ1v) is 12.4. The summed E-state index contributed by atoms with van der Waals surface area (Å²) in [5.41, 5.74) is 3.21. The van der Waals surface area contributed by atoms with Gasteiger partial charge in [0.15, 0.2) is 5.58 Å². The number of amides is 1. The molecule has 1 amide bonds. The van der Waals surface area contributed by atoms with Gasteiger partial charge in [-0.1, -0.05) is 48.5 Å². The van der Waals surface area contributed by atoms with Crippen LogP contribution in [0.3, 0.4) is 0 Å². The van der Waals surface area contributed by atoms with Gasteiger partial charge in [0.05, 0.1) is 10.6 Å². The smallest absolute Gasteiger partial charge is 0.257 e. The van der Waals surface area contributed by atoms with Crippen LogP contribution in [0.15, 0.2) is 57.0 Å². The lowest BCUT2D eigenvalue weighted by molar-refractivity contribution is -0.129. The summed E-state index contributed by atoms with van der Waals surface area (Å²) in [5, 5.41) is 0.342. The molecule has 3 rings (SSSR count). The Bertz CT molecular complexity index is 1160. The highest BCUT2D eigenvalue weighted by molar-refractivity contribution is 7.99. The second-order valence-corrected chi connectivity index (χ2v) is 10.6. The molecule has 0 saturated carbocycles. The van der Waals surface area contributed by atoms with Crippen LogP contribution in [0.2, 0.25) is 0 Å². The number of carbonyl (C=O) groups is 1. The van der Waals surface area contributed by atoms with Crippen LogP contribution >= 0.6 is 11.8 Å². The predicted octanol–water partition coefficient (Wildman–Crippen LogP) is 3.92. The number of rotatable bonds is 9. The standard InChI is InChI=1S/C22H27N3O4S2/c1-5-12-25(14-17-8-6-16(2)7-9-17)21(26)15-30-22-23-19-13-18(10-11-20(19)29-22)31(27,28)24(3)4/h6-11,13H,5,12,14-15H2,1-4H3. The van der Waals surface area contributed by atoms with Crippen molar-refractivity contribution in [3.63, 3.8) is 0 Å². The topological polar surface area (TPSA) is 83.7 Å². The summed E-state index contributed by atoms with van der Waals surface area (Å²) in [7, 11) is -0.591. The largest absolute Gasteiger partial charge is 0.431 e. The lowest BCUT2D eigenvalue weighted by atomic mass is 10.1. The third-order valence-corrected chi connectivity index (χ3v) is 7.40. The summed E-state index contributed by atoms with van der Waals surface area (Å²) in [6, 6.07) is 12.7. The summed E-state index contributed by atoms with van der Waals surface area (Å²) in [4.78, 5) is 19.2. The monoisotopic (exact) mass is 461 g/mol. The third kappa shape index (κ3) is 5.66. The molecule has 2 aromatic carbocycles. The molecule has 0 radical (unpaired) electrons. The van der Waals surface area contributed by atoms with Crippen LogP contribution in [-0.4, -0.2) is 54.9 Å². The van der Waals surface area contributed by atoms with Crippen LogP contribution in [0.1, 0.15) is 24.5 Å². The highest BCUT2D eigenvalue weighted by atomic mass is 32.2. The van der Waals surface area contributed by atoms with E-state index in [2.05, 4.69) is 4.98 Å². The molecular formula is C22H27N3O4S2. The summed E-state index contributed by atoms with van der Waals surface area (Å²) >= 11 is 1.21. The van der Waals surface area contributed by atoms with Crippen LogP contribution in [0.25, 0.3) is 11.1 Å².